The number of aromatic hydroxyl groups is 1. The molecule has 0 aliphatic heterocycles. The van der Waals surface area contributed by atoms with Crippen molar-refractivity contribution in [2.45, 2.75) is 65.7 Å². The molecule has 0 bridgehead atoms. The minimum absolute atomic E-state index is 0. The SMILES string of the molecule is CC(C)c1cc(-c2ccccc2)cc(C(C)C)c1-c1ccc2c(ccc3c4ccc(-c5[c-]c(-c6cccc7c6nc(-c6ccccc6O)n7-c6ccc(C(C)(C)C)cc6-c6ccccc6)ccc5)nc4oc23)c1.[Pt]. The van der Waals surface area contributed by atoms with Gasteiger partial charge in [0.15, 0.2) is 0 Å². The smallest absolute Gasteiger partial charge is 0.220 e. The first kappa shape index (κ1) is 48.4. The summed E-state index contributed by atoms with van der Waals surface area (Å²) in [5.74, 6) is 1.50. The predicted molar refractivity (Wildman–Crippen MR) is 304 cm³/mol. The summed E-state index contributed by atoms with van der Waals surface area (Å²) in [6.45, 7) is 15.9. The van der Waals surface area contributed by atoms with Gasteiger partial charge in [0.2, 0.25) is 5.71 Å². The van der Waals surface area contributed by atoms with Gasteiger partial charge in [0.05, 0.1) is 22.3 Å². The molecule has 0 unspecified atom stereocenters. The number of hydrogen-bond donors (Lipinski definition) is 1. The van der Waals surface area contributed by atoms with Gasteiger partial charge in [0.1, 0.15) is 17.2 Å². The van der Waals surface area contributed by atoms with E-state index in [9.17, 15) is 5.11 Å². The molecular weight excluding hydrogens is 1090 g/mol. The Labute approximate surface area is 447 Å². The number of fused-ring (bicyclic) bond motifs is 6. The van der Waals surface area contributed by atoms with E-state index in [4.69, 9.17) is 14.4 Å². The molecule has 12 aromatic rings. The zero-order valence-corrected chi connectivity index (χ0v) is 44.9. The third-order valence-corrected chi connectivity index (χ3v) is 14.5. The van der Waals surface area contributed by atoms with Gasteiger partial charge < -0.3 is 9.52 Å². The molecule has 9 aromatic carbocycles. The van der Waals surface area contributed by atoms with Crippen molar-refractivity contribution in [2.75, 3.05) is 0 Å². The second kappa shape index (κ2) is 19.2. The Morgan fingerprint density at radius 1 is 0.527 bits per heavy atom. The van der Waals surface area contributed by atoms with Crippen LogP contribution in [-0.2, 0) is 26.5 Å². The second-order valence-electron chi connectivity index (χ2n) is 21.0. The van der Waals surface area contributed by atoms with Gasteiger partial charge >= 0.3 is 0 Å². The van der Waals surface area contributed by atoms with Crippen molar-refractivity contribution >= 4 is 43.9 Å². The summed E-state index contributed by atoms with van der Waals surface area (Å²) in [6.07, 6.45) is 0. The molecule has 5 nitrogen and oxygen atoms in total. The molecule has 1 N–H and O–H groups in total. The molecule has 0 fully saturated rings. The van der Waals surface area contributed by atoms with Crippen LogP contribution in [0.15, 0.2) is 199 Å². The molecule has 74 heavy (non-hydrogen) atoms. The Balaban J connectivity index is 0.00000588. The average Bonchev–Trinajstić information content (AvgIpc) is 4.00. The summed E-state index contributed by atoms with van der Waals surface area (Å²) in [5.41, 5.74) is 19.3. The van der Waals surface area contributed by atoms with Gasteiger partial charge in [-0.2, -0.15) is 0 Å². The number of benzene rings is 9. The van der Waals surface area contributed by atoms with E-state index in [1.165, 1.54) is 38.9 Å². The van der Waals surface area contributed by atoms with E-state index in [0.29, 0.717) is 28.9 Å². The number of imidazole rings is 1. The van der Waals surface area contributed by atoms with Crippen LogP contribution < -0.4 is 0 Å². The van der Waals surface area contributed by atoms with Gasteiger partial charge in [-0.1, -0.05) is 187 Å². The van der Waals surface area contributed by atoms with Gasteiger partial charge in [-0.05, 0) is 116 Å². The molecule has 12 rings (SSSR count). The minimum atomic E-state index is -0.0653. The first-order chi connectivity index (χ1) is 35.4. The van der Waals surface area contributed by atoms with Crippen LogP contribution in [0.4, 0.5) is 0 Å². The first-order valence-corrected chi connectivity index (χ1v) is 25.4. The van der Waals surface area contributed by atoms with E-state index < -0.39 is 0 Å². The van der Waals surface area contributed by atoms with Crippen LogP contribution in [0.2, 0.25) is 0 Å². The van der Waals surface area contributed by atoms with E-state index in [1.54, 1.807) is 6.07 Å². The summed E-state index contributed by atoms with van der Waals surface area (Å²) < 4.78 is 8.95. The molecule has 0 spiro atoms. The van der Waals surface area contributed by atoms with E-state index in [2.05, 4.69) is 223 Å². The van der Waals surface area contributed by atoms with Crippen molar-refractivity contribution in [2.24, 2.45) is 0 Å². The van der Waals surface area contributed by atoms with Crippen LogP contribution in [0.3, 0.4) is 0 Å². The molecular formula is C68H56N3O2Pt-. The van der Waals surface area contributed by atoms with Crippen molar-refractivity contribution in [3.63, 3.8) is 0 Å². The van der Waals surface area contributed by atoms with E-state index in [-0.39, 0.29) is 32.2 Å². The van der Waals surface area contributed by atoms with Crippen LogP contribution in [0.25, 0.3) is 117 Å². The van der Waals surface area contributed by atoms with Crippen LogP contribution >= 0.6 is 0 Å². The van der Waals surface area contributed by atoms with Crippen LogP contribution in [0.1, 0.15) is 77.0 Å². The molecule has 366 valence electrons. The summed E-state index contributed by atoms with van der Waals surface area (Å²) in [7, 11) is 0. The maximum atomic E-state index is 11.4. The Morgan fingerprint density at radius 2 is 1.18 bits per heavy atom. The number of pyridine rings is 1. The Kier molecular flexibility index (Phi) is 12.6. The van der Waals surface area contributed by atoms with Crippen molar-refractivity contribution in [1.29, 1.82) is 0 Å². The van der Waals surface area contributed by atoms with Gasteiger partial charge in [-0.3, -0.25) is 9.55 Å². The van der Waals surface area contributed by atoms with Crippen LogP contribution in [0.5, 0.6) is 5.75 Å². The topological polar surface area (TPSA) is 64.1 Å². The standard InChI is InChI=1S/C68H56N3O2.Pt/c1-41(2)56-38-49(43-18-10-8-11-19-43)39-57(42(3)4)63(56)48-29-31-52-46(37-48)28-32-53-54-33-34-59(69-67(54)73-65(52)53)47-23-16-22-45(36-47)51-25-17-26-61-64(51)70-66(55-24-14-15-27-62(55)72)71(61)60-35-30-50(68(5,6)7)40-58(60)44-20-12-9-13-21-44;/h8-35,37-42,72H,1-7H3;/q-1;. The van der Waals surface area contributed by atoms with Crippen molar-refractivity contribution in [3.05, 3.63) is 217 Å². The fourth-order valence-electron chi connectivity index (χ4n) is 10.7. The van der Waals surface area contributed by atoms with E-state index in [1.807, 2.05) is 24.3 Å². The number of phenols is 1. The van der Waals surface area contributed by atoms with E-state index in [0.717, 1.165) is 77.4 Å². The van der Waals surface area contributed by atoms with Gasteiger partial charge in [0.25, 0.3) is 0 Å². The fourth-order valence-corrected chi connectivity index (χ4v) is 10.7. The maximum absolute atomic E-state index is 11.4. The fraction of sp³-hybridized carbons (Fsp3) is 0.147. The summed E-state index contributed by atoms with van der Waals surface area (Å²) in [5, 5.41) is 15.6. The number of phenolic OH excluding ortho intramolecular Hbond substituents is 1. The summed E-state index contributed by atoms with van der Waals surface area (Å²) >= 11 is 0. The minimum Gasteiger partial charge on any atom is -0.507 e. The number of rotatable bonds is 9. The summed E-state index contributed by atoms with van der Waals surface area (Å²) in [6, 6.07) is 71.8. The number of furan rings is 1. The van der Waals surface area contributed by atoms with E-state index >= 15 is 0 Å². The molecule has 0 amide bonds. The number of nitrogens with zero attached hydrogens (tertiary/aromatic N) is 3. The Morgan fingerprint density at radius 3 is 1.89 bits per heavy atom. The third-order valence-electron chi connectivity index (χ3n) is 14.5. The Bertz CT molecular complexity index is 4060. The molecule has 0 aliphatic rings. The predicted octanol–water partition coefficient (Wildman–Crippen LogP) is 18.5. The average molecular weight is 1140 g/mol. The second-order valence-corrected chi connectivity index (χ2v) is 21.0. The molecule has 0 saturated carbocycles. The van der Waals surface area contributed by atoms with Crippen molar-refractivity contribution in [3.8, 4) is 78.6 Å². The van der Waals surface area contributed by atoms with Gasteiger partial charge in [0, 0.05) is 48.5 Å². The normalized spacial score (nSPS) is 11.9. The maximum Gasteiger partial charge on any atom is 0.220 e. The quantitative estimate of drug-likeness (QED) is 0.146. The van der Waals surface area contributed by atoms with Crippen molar-refractivity contribution in [1.82, 2.24) is 14.5 Å². The van der Waals surface area contributed by atoms with Gasteiger partial charge in [-0.25, -0.2) is 4.98 Å². The number of hydrogen-bond acceptors (Lipinski definition) is 4. The molecule has 0 aliphatic carbocycles. The van der Waals surface area contributed by atoms with Gasteiger partial charge in [-0.15, -0.1) is 29.8 Å². The van der Waals surface area contributed by atoms with Crippen molar-refractivity contribution < 1.29 is 30.6 Å². The molecule has 3 aromatic heterocycles. The Hall–Kier alpha value is -7.85. The molecule has 0 saturated heterocycles. The summed E-state index contributed by atoms with van der Waals surface area (Å²) in [4.78, 5) is 10.6. The molecule has 0 atom stereocenters. The molecule has 6 heteroatoms. The zero-order valence-electron chi connectivity index (χ0n) is 42.6. The third kappa shape index (κ3) is 8.53. The zero-order chi connectivity index (χ0) is 50.1. The van der Waals surface area contributed by atoms with Crippen LogP contribution in [0, 0.1) is 6.07 Å². The largest absolute Gasteiger partial charge is 0.507 e. The molecule has 0 radical (unpaired) electrons. The number of para-hydroxylation sites is 2. The first-order valence-electron chi connectivity index (χ1n) is 25.4. The monoisotopic (exact) mass is 1140 g/mol. The number of aromatic nitrogens is 3. The van der Waals surface area contributed by atoms with Crippen LogP contribution in [-0.4, -0.2) is 19.6 Å². The molecule has 3 heterocycles.